The predicted molar refractivity (Wildman–Crippen MR) is 145 cm³/mol. The molecule has 8 heteroatoms. The molecule has 0 radical (unpaired) electrons. The van der Waals surface area contributed by atoms with Crippen LogP contribution >= 0.6 is 0 Å². The molecule has 1 aliphatic carbocycles. The van der Waals surface area contributed by atoms with Gasteiger partial charge in [0.05, 0.1) is 12.3 Å². The number of carbonyl (C=O) groups is 1. The van der Waals surface area contributed by atoms with Crippen LogP contribution in [0.5, 0.6) is 11.5 Å². The van der Waals surface area contributed by atoms with Crippen LogP contribution in [0, 0.1) is 11.8 Å². The molecule has 1 heterocycles. The number of nitrogens with one attached hydrogen (secondary N) is 1. The zero-order chi connectivity index (χ0) is 28.0. The van der Waals surface area contributed by atoms with Crippen LogP contribution in [0.15, 0.2) is 84.6 Å². The van der Waals surface area contributed by atoms with Crippen LogP contribution in [0.25, 0.3) is 5.57 Å². The van der Waals surface area contributed by atoms with Gasteiger partial charge in [-0.2, -0.15) is 0 Å². The van der Waals surface area contributed by atoms with E-state index in [2.05, 4.69) is 48.0 Å². The molecule has 0 spiro atoms. The number of alkyl halides is 3. The van der Waals surface area contributed by atoms with Crippen molar-refractivity contribution in [1.29, 1.82) is 0 Å². The fraction of sp³-hybridized carbons (Fsp3) is 0.290. The third-order valence-corrected chi connectivity index (χ3v) is 6.71. The predicted octanol–water partition coefficient (Wildman–Crippen LogP) is 8.56. The van der Waals surface area contributed by atoms with E-state index in [-0.39, 0.29) is 0 Å². The number of pyridine rings is 1. The van der Waals surface area contributed by atoms with E-state index >= 15 is 0 Å². The van der Waals surface area contributed by atoms with Crippen molar-refractivity contribution in [1.82, 2.24) is 4.98 Å². The Kier molecular flexibility index (Phi) is 8.86. The lowest BCUT2D eigenvalue weighted by Gasteiger charge is -2.15. The summed E-state index contributed by atoms with van der Waals surface area (Å²) in [5.41, 5.74) is 4.45. The number of hydrogen-bond donors (Lipinski definition) is 1. The van der Waals surface area contributed by atoms with Crippen molar-refractivity contribution in [3.8, 4) is 11.5 Å². The Bertz CT molecular complexity index is 1360. The van der Waals surface area contributed by atoms with Crippen LogP contribution in [0.3, 0.4) is 0 Å². The summed E-state index contributed by atoms with van der Waals surface area (Å²) in [6, 6.07) is 16.4. The largest absolute Gasteiger partial charge is 0.522 e. The first kappa shape index (κ1) is 28.1. The second kappa shape index (κ2) is 12.3. The number of carbonyl (C=O) groups excluding carboxylic acids is 1. The Morgan fingerprint density at radius 3 is 2.51 bits per heavy atom. The molecular formula is C31H31F3N2O3. The molecule has 5 nitrogen and oxygen atoms in total. The van der Waals surface area contributed by atoms with E-state index in [1.54, 1.807) is 36.5 Å². The van der Waals surface area contributed by atoms with Gasteiger partial charge in [-0.25, -0.2) is 0 Å². The van der Waals surface area contributed by atoms with Crippen molar-refractivity contribution in [2.75, 3.05) is 5.32 Å². The number of halogens is 3. The first-order chi connectivity index (χ1) is 18.6. The summed E-state index contributed by atoms with van der Waals surface area (Å²) in [4.78, 5) is 17.3. The van der Waals surface area contributed by atoms with Crippen molar-refractivity contribution in [3.63, 3.8) is 0 Å². The number of rotatable bonds is 8. The van der Waals surface area contributed by atoms with E-state index in [0.29, 0.717) is 40.1 Å². The fourth-order valence-corrected chi connectivity index (χ4v) is 4.31. The Hall–Kier alpha value is -3.91. The number of nitrogens with zero attached hydrogens (tertiary/aromatic N) is 1. The SMILES string of the molecule is CCC1=CC(c2cc(Oc3cccc(NC(=O)c4ccc(COC(F)(F)F)cc4)c3)ccn2)=CC(C)C(C)C1. The number of ether oxygens (including phenoxy) is 2. The minimum atomic E-state index is -4.71. The van der Waals surface area contributed by atoms with Gasteiger partial charge in [0.25, 0.3) is 5.91 Å². The lowest BCUT2D eigenvalue weighted by atomic mass is 9.90. The minimum absolute atomic E-state index is 0.301. The molecule has 1 aromatic heterocycles. The summed E-state index contributed by atoms with van der Waals surface area (Å²) < 4.78 is 46.6. The number of benzene rings is 2. The van der Waals surface area contributed by atoms with Gasteiger partial charge >= 0.3 is 6.36 Å². The van der Waals surface area contributed by atoms with Crippen LogP contribution in [0.2, 0.25) is 0 Å². The molecule has 0 fully saturated rings. The highest BCUT2D eigenvalue weighted by Crippen LogP contribution is 2.33. The molecule has 2 aromatic carbocycles. The number of hydrogen-bond acceptors (Lipinski definition) is 4. The highest BCUT2D eigenvalue weighted by molar-refractivity contribution is 6.04. The average Bonchev–Trinajstić information content (AvgIpc) is 3.05. The molecule has 204 valence electrons. The summed E-state index contributed by atoms with van der Waals surface area (Å²) in [5.74, 6) is 1.75. The molecule has 0 bridgehead atoms. The van der Waals surface area contributed by atoms with E-state index in [1.807, 2.05) is 6.07 Å². The first-order valence-corrected chi connectivity index (χ1v) is 12.9. The molecule has 39 heavy (non-hydrogen) atoms. The molecule has 2 unspecified atom stereocenters. The lowest BCUT2D eigenvalue weighted by molar-refractivity contribution is -0.330. The third kappa shape index (κ3) is 8.04. The maximum absolute atomic E-state index is 12.7. The van der Waals surface area contributed by atoms with Crippen molar-refractivity contribution in [2.45, 2.75) is 46.6 Å². The van der Waals surface area contributed by atoms with Gasteiger partial charge in [0.2, 0.25) is 0 Å². The third-order valence-electron chi connectivity index (χ3n) is 6.71. The van der Waals surface area contributed by atoms with Crippen LogP contribution in [-0.2, 0) is 11.3 Å². The summed E-state index contributed by atoms with van der Waals surface area (Å²) in [6.45, 7) is 6.06. The average molecular weight is 537 g/mol. The van der Waals surface area contributed by atoms with Crippen LogP contribution in [0.1, 0.15) is 55.2 Å². The molecule has 2 atom stereocenters. The van der Waals surface area contributed by atoms with Crippen molar-refractivity contribution in [2.24, 2.45) is 11.8 Å². The van der Waals surface area contributed by atoms with Gasteiger partial charge in [-0.1, -0.05) is 56.7 Å². The normalized spacial score (nSPS) is 17.6. The molecule has 1 amide bonds. The minimum Gasteiger partial charge on any atom is -0.457 e. The molecule has 0 saturated carbocycles. The summed E-state index contributed by atoms with van der Waals surface area (Å²) in [5, 5.41) is 2.79. The monoisotopic (exact) mass is 536 g/mol. The highest BCUT2D eigenvalue weighted by atomic mass is 19.4. The summed E-state index contributed by atoms with van der Waals surface area (Å²) in [7, 11) is 0. The number of anilines is 1. The quantitative estimate of drug-likeness (QED) is 0.313. The molecule has 0 saturated heterocycles. The Morgan fingerprint density at radius 2 is 1.79 bits per heavy atom. The highest BCUT2D eigenvalue weighted by Gasteiger charge is 2.28. The van der Waals surface area contributed by atoms with Gasteiger partial charge in [-0.3, -0.25) is 14.5 Å². The molecule has 1 N–H and O–H groups in total. The van der Waals surface area contributed by atoms with E-state index in [4.69, 9.17) is 4.74 Å². The molecule has 0 aliphatic heterocycles. The zero-order valence-electron chi connectivity index (χ0n) is 22.1. The summed E-state index contributed by atoms with van der Waals surface area (Å²) >= 11 is 0. The van der Waals surface area contributed by atoms with Crippen LogP contribution < -0.4 is 10.1 Å². The zero-order valence-corrected chi connectivity index (χ0v) is 22.1. The number of aromatic nitrogens is 1. The smallest absolute Gasteiger partial charge is 0.457 e. The van der Waals surface area contributed by atoms with Gasteiger partial charge in [0.15, 0.2) is 0 Å². The van der Waals surface area contributed by atoms with E-state index in [0.717, 1.165) is 24.1 Å². The van der Waals surface area contributed by atoms with Crippen molar-refractivity contribution in [3.05, 3.63) is 101 Å². The number of allylic oxidation sites excluding steroid dienone is 4. The van der Waals surface area contributed by atoms with Crippen molar-refractivity contribution < 1.29 is 27.4 Å². The van der Waals surface area contributed by atoms with E-state index in [1.165, 1.54) is 29.8 Å². The Labute approximate surface area is 226 Å². The van der Waals surface area contributed by atoms with Gasteiger partial charge in [0, 0.05) is 29.6 Å². The van der Waals surface area contributed by atoms with Gasteiger partial charge in [-0.15, -0.1) is 13.2 Å². The summed E-state index contributed by atoms with van der Waals surface area (Å²) in [6.07, 6.45) is 3.59. The van der Waals surface area contributed by atoms with Crippen LogP contribution in [0.4, 0.5) is 18.9 Å². The first-order valence-electron chi connectivity index (χ1n) is 12.9. The van der Waals surface area contributed by atoms with E-state index < -0.39 is 18.9 Å². The topological polar surface area (TPSA) is 60.5 Å². The Balaban J connectivity index is 1.44. The maximum atomic E-state index is 12.7. The second-order valence-electron chi connectivity index (χ2n) is 9.71. The molecule has 3 aromatic rings. The second-order valence-corrected chi connectivity index (χ2v) is 9.71. The van der Waals surface area contributed by atoms with Crippen molar-refractivity contribution >= 4 is 17.2 Å². The Morgan fingerprint density at radius 1 is 1.05 bits per heavy atom. The molecule has 4 rings (SSSR count). The lowest BCUT2D eigenvalue weighted by Crippen LogP contribution is -2.14. The number of amides is 1. The fourth-order valence-electron chi connectivity index (χ4n) is 4.31. The van der Waals surface area contributed by atoms with E-state index in [9.17, 15) is 18.0 Å². The van der Waals surface area contributed by atoms with Gasteiger partial charge in [-0.05, 0) is 66.1 Å². The maximum Gasteiger partial charge on any atom is 0.522 e. The van der Waals surface area contributed by atoms with Gasteiger partial charge < -0.3 is 10.1 Å². The van der Waals surface area contributed by atoms with Gasteiger partial charge in [0.1, 0.15) is 11.5 Å². The molecule has 1 aliphatic rings. The molecular weight excluding hydrogens is 505 g/mol. The van der Waals surface area contributed by atoms with Crippen LogP contribution in [-0.4, -0.2) is 17.3 Å². The standard InChI is InChI=1S/C31H31F3N2O3/c1-4-22-14-20(2)21(3)15-25(16-22)29-18-28(12-13-35-29)39-27-7-5-6-26(17-27)36-30(37)24-10-8-23(9-11-24)19-38-31(32,33)34/h5-13,15-18,20-21H,4,14,19H2,1-3H3,(H,36,37).